The van der Waals surface area contributed by atoms with Gasteiger partial charge >= 0.3 is 0 Å². The second-order valence-corrected chi connectivity index (χ2v) is 3.82. The molecule has 2 aromatic carbocycles. The van der Waals surface area contributed by atoms with Gasteiger partial charge in [-0.3, -0.25) is 4.79 Å². The number of carbonyl (C=O) groups excluding carboxylic acids is 1. The van der Waals surface area contributed by atoms with Gasteiger partial charge < -0.3 is 4.74 Å². The number of aldehydes is 1. The molecular formula is C14H9F3O2. The first-order chi connectivity index (χ1) is 9.06. The van der Waals surface area contributed by atoms with E-state index in [0.29, 0.717) is 6.29 Å². The Kier molecular flexibility index (Phi) is 3.55. The van der Waals surface area contributed by atoms with Crippen LogP contribution in [-0.2, 0) is 0 Å². The summed E-state index contributed by atoms with van der Waals surface area (Å²) >= 11 is 0. The highest BCUT2D eigenvalue weighted by Gasteiger charge is 2.17. The molecule has 0 saturated heterocycles. The second-order valence-electron chi connectivity index (χ2n) is 3.82. The van der Waals surface area contributed by atoms with Crippen LogP contribution in [-0.4, -0.2) is 13.4 Å². The summed E-state index contributed by atoms with van der Waals surface area (Å²) in [6, 6.07) is 5.11. The van der Waals surface area contributed by atoms with E-state index in [-0.39, 0.29) is 22.4 Å². The van der Waals surface area contributed by atoms with Gasteiger partial charge in [-0.25, -0.2) is 13.2 Å². The lowest BCUT2D eigenvalue weighted by Crippen LogP contribution is -1.97. The van der Waals surface area contributed by atoms with Gasteiger partial charge in [-0.2, -0.15) is 0 Å². The van der Waals surface area contributed by atoms with E-state index >= 15 is 0 Å². The van der Waals surface area contributed by atoms with Crippen LogP contribution in [0.1, 0.15) is 10.4 Å². The van der Waals surface area contributed by atoms with Gasteiger partial charge in [-0.15, -0.1) is 0 Å². The van der Waals surface area contributed by atoms with Crippen molar-refractivity contribution in [2.75, 3.05) is 7.11 Å². The summed E-state index contributed by atoms with van der Waals surface area (Å²) in [7, 11) is 1.28. The molecule has 0 fully saturated rings. The normalized spacial score (nSPS) is 10.3. The van der Waals surface area contributed by atoms with Gasteiger partial charge in [0.25, 0.3) is 0 Å². The van der Waals surface area contributed by atoms with Crippen LogP contribution in [0.3, 0.4) is 0 Å². The smallest absolute Gasteiger partial charge is 0.150 e. The molecule has 2 aromatic rings. The molecule has 0 aliphatic rings. The maximum Gasteiger partial charge on any atom is 0.150 e. The third-order valence-electron chi connectivity index (χ3n) is 2.66. The number of ether oxygens (including phenoxy) is 1. The fourth-order valence-electron chi connectivity index (χ4n) is 1.78. The predicted molar refractivity (Wildman–Crippen MR) is 63.7 cm³/mol. The van der Waals surface area contributed by atoms with Crippen molar-refractivity contribution >= 4 is 6.29 Å². The van der Waals surface area contributed by atoms with Gasteiger partial charge in [0.15, 0.2) is 6.29 Å². The topological polar surface area (TPSA) is 26.3 Å². The number of rotatable bonds is 3. The monoisotopic (exact) mass is 266 g/mol. The van der Waals surface area contributed by atoms with E-state index in [1.807, 2.05) is 0 Å². The minimum Gasteiger partial charge on any atom is -0.497 e. The molecule has 0 aliphatic carbocycles. The Balaban J connectivity index is 2.68. The lowest BCUT2D eigenvalue weighted by atomic mass is 9.99. The molecule has 0 aliphatic heterocycles. The quantitative estimate of drug-likeness (QED) is 0.793. The minimum absolute atomic E-state index is 0.00551. The van der Waals surface area contributed by atoms with Crippen molar-refractivity contribution < 1.29 is 22.7 Å². The lowest BCUT2D eigenvalue weighted by molar-refractivity contribution is 0.112. The molecule has 0 atom stereocenters. The zero-order valence-corrected chi connectivity index (χ0v) is 9.91. The largest absolute Gasteiger partial charge is 0.497 e. The number of hydrogen-bond acceptors (Lipinski definition) is 2. The van der Waals surface area contributed by atoms with E-state index in [2.05, 4.69) is 0 Å². The molecule has 0 amide bonds. The third-order valence-corrected chi connectivity index (χ3v) is 2.66. The SMILES string of the molecule is COc1cc(F)c(-c2ccc(F)cc2C=O)c(F)c1. The molecule has 0 heterocycles. The van der Waals surface area contributed by atoms with Gasteiger partial charge in [0.2, 0.25) is 0 Å². The maximum atomic E-state index is 13.9. The van der Waals surface area contributed by atoms with Crippen LogP contribution >= 0.6 is 0 Å². The van der Waals surface area contributed by atoms with Crippen LogP contribution in [0.25, 0.3) is 11.1 Å². The van der Waals surface area contributed by atoms with Crippen molar-refractivity contribution in [1.29, 1.82) is 0 Å². The van der Waals surface area contributed by atoms with E-state index in [1.54, 1.807) is 0 Å². The van der Waals surface area contributed by atoms with Crippen LogP contribution < -0.4 is 4.74 Å². The van der Waals surface area contributed by atoms with Crippen molar-refractivity contribution in [3.8, 4) is 16.9 Å². The van der Waals surface area contributed by atoms with E-state index in [1.165, 1.54) is 7.11 Å². The number of carbonyl (C=O) groups is 1. The lowest BCUT2D eigenvalue weighted by Gasteiger charge is -2.09. The number of halogens is 3. The Hall–Kier alpha value is -2.30. The molecule has 19 heavy (non-hydrogen) atoms. The first-order valence-electron chi connectivity index (χ1n) is 5.35. The summed E-state index contributed by atoms with van der Waals surface area (Å²) in [6.07, 6.45) is 0.349. The summed E-state index contributed by atoms with van der Waals surface area (Å²) in [6.45, 7) is 0. The summed E-state index contributed by atoms with van der Waals surface area (Å²) in [4.78, 5) is 10.9. The molecule has 5 heteroatoms. The highest BCUT2D eigenvalue weighted by Crippen LogP contribution is 2.31. The molecule has 0 aromatic heterocycles. The van der Waals surface area contributed by atoms with Crippen LogP contribution in [0.15, 0.2) is 30.3 Å². The Morgan fingerprint density at radius 1 is 1.05 bits per heavy atom. The molecule has 2 rings (SSSR count). The molecule has 0 saturated carbocycles. The van der Waals surface area contributed by atoms with Crippen LogP contribution in [0.4, 0.5) is 13.2 Å². The summed E-state index contributed by atoms with van der Waals surface area (Å²) in [5.74, 6) is -2.40. The molecule has 98 valence electrons. The Morgan fingerprint density at radius 3 is 2.21 bits per heavy atom. The highest BCUT2D eigenvalue weighted by molar-refractivity contribution is 5.88. The molecule has 0 unspecified atom stereocenters. The van der Waals surface area contributed by atoms with E-state index in [0.717, 1.165) is 30.3 Å². The van der Waals surface area contributed by atoms with Gasteiger partial charge in [0.05, 0.1) is 12.7 Å². The number of benzene rings is 2. The molecular weight excluding hydrogens is 257 g/mol. The number of methoxy groups -OCH3 is 1. The molecule has 2 nitrogen and oxygen atoms in total. The second kappa shape index (κ2) is 5.14. The summed E-state index contributed by atoms with van der Waals surface area (Å²) in [5, 5.41) is 0. The standard InChI is InChI=1S/C14H9F3O2/c1-19-10-5-12(16)14(13(17)6-10)11-3-2-9(15)4-8(11)7-18/h2-7H,1H3. The highest BCUT2D eigenvalue weighted by atomic mass is 19.1. The Morgan fingerprint density at radius 2 is 1.68 bits per heavy atom. The fraction of sp³-hybridized carbons (Fsp3) is 0.0714. The van der Waals surface area contributed by atoms with Gasteiger partial charge in [0.1, 0.15) is 23.2 Å². The third kappa shape index (κ3) is 2.45. The predicted octanol–water partition coefficient (Wildman–Crippen LogP) is 3.59. The van der Waals surface area contributed by atoms with Crippen LogP contribution in [0.2, 0.25) is 0 Å². The molecule has 0 bridgehead atoms. The Bertz CT molecular complexity index is 616. The summed E-state index contributed by atoms with van der Waals surface area (Å²) < 4.78 is 45.5. The van der Waals surface area contributed by atoms with E-state index in [4.69, 9.17) is 4.74 Å². The maximum absolute atomic E-state index is 13.9. The first-order valence-corrected chi connectivity index (χ1v) is 5.35. The van der Waals surface area contributed by atoms with E-state index in [9.17, 15) is 18.0 Å². The van der Waals surface area contributed by atoms with Gasteiger partial charge in [-0.05, 0) is 17.7 Å². The summed E-state index contributed by atoms with van der Waals surface area (Å²) in [5.41, 5.74) is -0.514. The average molecular weight is 266 g/mol. The van der Waals surface area contributed by atoms with Crippen molar-refractivity contribution in [3.05, 3.63) is 53.3 Å². The van der Waals surface area contributed by atoms with Crippen molar-refractivity contribution in [2.24, 2.45) is 0 Å². The van der Waals surface area contributed by atoms with E-state index < -0.39 is 17.5 Å². The zero-order chi connectivity index (χ0) is 14.0. The fourth-order valence-corrected chi connectivity index (χ4v) is 1.78. The number of hydrogen-bond donors (Lipinski definition) is 0. The van der Waals surface area contributed by atoms with Gasteiger partial charge in [-0.1, -0.05) is 6.07 Å². The molecule has 0 spiro atoms. The molecule has 0 N–H and O–H groups in total. The zero-order valence-electron chi connectivity index (χ0n) is 9.91. The van der Waals surface area contributed by atoms with Crippen LogP contribution in [0.5, 0.6) is 5.75 Å². The molecule has 0 radical (unpaired) electrons. The Labute approximate surface area is 107 Å². The van der Waals surface area contributed by atoms with Gasteiger partial charge in [0, 0.05) is 17.7 Å². The average Bonchev–Trinajstić information content (AvgIpc) is 2.39. The van der Waals surface area contributed by atoms with Crippen LogP contribution in [0, 0.1) is 17.5 Å². The minimum atomic E-state index is -0.883. The van der Waals surface area contributed by atoms with Crippen molar-refractivity contribution in [1.82, 2.24) is 0 Å². The van der Waals surface area contributed by atoms with Crippen molar-refractivity contribution in [2.45, 2.75) is 0 Å². The first kappa shape index (κ1) is 13.1. The van der Waals surface area contributed by atoms with Crippen molar-refractivity contribution in [3.63, 3.8) is 0 Å².